The Kier molecular flexibility index (Phi) is 6.62. The zero-order valence-electron chi connectivity index (χ0n) is 10.9. The Labute approximate surface area is 105 Å². The van der Waals surface area contributed by atoms with Crippen LogP contribution in [0.2, 0.25) is 0 Å². The Morgan fingerprint density at radius 2 is 1.78 bits per heavy atom. The molecule has 0 aliphatic rings. The van der Waals surface area contributed by atoms with Crippen LogP contribution in [0.15, 0.2) is 0 Å². The highest BCUT2D eigenvalue weighted by Crippen LogP contribution is 2.16. The van der Waals surface area contributed by atoms with Crippen LogP contribution in [0, 0.1) is 0 Å². The molecule has 0 heterocycles. The van der Waals surface area contributed by atoms with Gasteiger partial charge in [-0.25, -0.2) is 0 Å². The molecule has 0 saturated carbocycles. The lowest BCUT2D eigenvalue weighted by atomic mass is 10.1. The van der Waals surface area contributed by atoms with Crippen LogP contribution in [0.3, 0.4) is 0 Å². The molecule has 0 aromatic rings. The van der Waals surface area contributed by atoms with E-state index in [1.807, 2.05) is 20.8 Å². The summed E-state index contributed by atoms with van der Waals surface area (Å²) in [6.45, 7) is 4.83. The summed E-state index contributed by atoms with van der Waals surface area (Å²) >= 11 is 0. The van der Waals surface area contributed by atoms with E-state index in [0.29, 0.717) is 0 Å². The summed E-state index contributed by atoms with van der Waals surface area (Å²) in [5, 5.41) is 8.60. The van der Waals surface area contributed by atoms with Crippen molar-refractivity contribution in [1.29, 1.82) is 0 Å². The summed E-state index contributed by atoms with van der Waals surface area (Å²) in [6.07, 6.45) is -4.37. The van der Waals surface area contributed by atoms with E-state index in [-0.39, 0.29) is 31.7 Å². The highest BCUT2D eigenvalue weighted by molar-refractivity contribution is 5.66. The van der Waals surface area contributed by atoms with E-state index in [2.05, 4.69) is 4.74 Å². The molecule has 0 aromatic carbocycles. The lowest BCUT2D eigenvalue weighted by Gasteiger charge is -2.35. The van der Waals surface area contributed by atoms with E-state index >= 15 is 0 Å². The van der Waals surface area contributed by atoms with Crippen molar-refractivity contribution in [3.8, 4) is 0 Å². The minimum atomic E-state index is -4.33. The number of carboxylic acids is 1. The molecule has 0 rings (SSSR count). The van der Waals surface area contributed by atoms with Gasteiger partial charge in [-0.3, -0.25) is 9.69 Å². The van der Waals surface area contributed by atoms with Crippen LogP contribution < -0.4 is 0 Å². The van der Waals surface area contributed by atoms with Crippen LogP contribution in [0.25, 0.3) is 0 Å². The van der Waals surface area contributed by atoms with Crippen molar-refractivity contribution in [3.63, 3.8) is 0 Å². The molecule has 7 heteroatoms. The van der Waals surface area contributed by atoms with E-state index in [9.17, 15) is 18.0 Å². The second-order valence-electron chi connectivity index (χ2n) is 4.97. The third-order valence-corrected chi connectivity index (χ3v) is 2.32. The molecule has 0 saturated heterocycles. The molecular weight excluding hydrogens is 251 g/mol. The predicted octanol–water partition coefficient (Wildman–Crippen LogP) is 2.14. The summed E-state index contributed by atoms with van der Waals surface area (Å²) in [5.41, 5.74) is -0.308. The van der Waals surface area contributed by atoms with Crippen molar-refractivity contribution in [3.05, 3.63) is 0 Å². The van der Waals surface area contributed by atoms with Gasteiger partial charge in [-0.05, 0) is 20.8 Å². The predicted molar refractivity (Wildman–Crippen MR) is 60.5 cm³/mol. The minimum absolute atomic E-state index is 0.0451. The van der Waals surface area contributed by atoms with Gasteiger partial charge in [0.2, 0.25) is 0 Å². The molecule has 18 heavy (non-hydrogen) atoms. The Balaban J connectivity index is 4.06. The molecular formula is C11H20F3NO3. The van der Waals surface area contributed by atoms with Crippen molar-refractivity contribution in [2.45, 2.75) is 38.9 Å². The van der Waals surface area contributed by atoms with Crippen LogP contribution in [0.1, 0.15) is 27.2 Å². The van der Waals surface area contributed by atoms with Gasteiger partial charge in [0.15, 0.2) is 0 Å². The molecule has 0 spiro atoms. The first kappa shape index (κ1) is 17.2. The van der Waals surface area contributed by atoms with Crippen LogP contribution in [-0.4, -0.2) is 54.0 Å². The minimum Gasteiger partial charge on any atom is -0.481 e. The monoisotopic (exact) mass is 271 g/mol. The fourth-order valence-corrected chi connectivity index (χ4v) is 1.38. The topological polar surface area (TPSA) is 49.8 Å². The summed E-state index contributed by atoms with van der Waals surface area (Å²) in [7, 11) is 0. The molecule has 0 radical (unpaired) electrons. The number of hydrogen-bond acceptors (Lipinski definition) is 3. The summed E-state index contributed by atoms with van der Waals surface area (Å²) in [4.78, 5) is 12.3. The first-order valence-electron chi connectivity index (χ1n) is 5.64. The summed E-state index contributed by atoms with van der Waals surface area (Å²) in [6, 6.07) is 0. The summed E-state index contributed by atoms with van der Waals surface area (Å²) in [5.74, 6) is -0.930. The van der Waals surface area contributed by atoms with Crippen LogP contribution >= 0.6 is 0 Å². The molecule has 0 aromatic heterocycles. The quantitative estimate of drug-likeness (QED) is 0.721. The molecule has 0 unspecified atom stereocenters. The van der Waals surface area contributed by atoms with Gasteiger partial charge in [0.25, 0.3) is 0 Å². The Morgan fingerprint density at radius 3 is 2.17 bits per heavy atom. The fraction of sp³-hybridized carbons (Fsp3) is 0.909. The van der Waals surface area contributed by atoms with Crippen molar-refractivity contribution < 1.29 is 27.8 Å². The number of rotatable bonds is 7. The average molecular weight is 271 g/mol. The largest absolute Gasteiger partial charge is 0.481 e. The molecule has 4 nitrogen and oxygen atoms in total. The number of carboxylic acid groups (broad SMARTS) is 1. The highest BCUT2D eigenvalue weighted by atomic mass is 19.4. The highest BCUT2D eigenvalue weighted by Gasteiger charge is 2.28. The molecule has 0 aliphatic heterocycles. The maximum Gasteiger partial charge on any atom is 0.411 e. The Hall–Kier alpha value is -0.820. The normalized spacial score (nSPS) is 13.1. The van der Waals surface area contributed by atoms with Gasteiger partial charge in [0, 0.05) is 18.6 Å². The van der Waals surface area contributed by atoms with E-state index in [1.54, 1.807) is 4.90 Å². The third kappa shape index (κ3) is 9.23. The number of halogens is 3. The van der Waals surface area contributed by atoms with Crippen molar-refractivity contribution in [1.82, 2.24) is 4.90 Å². The number of ether oxygens (including phenoxy) is 1. The standard InChI is InChI=1S/C11H20F3NO3/c1-10(2,3)15(5-4-9(16)17)6-7-18-8-11(12,13)14/h4-8H2,1-3H3,(H,16,17). The molecule has 0 fully saturated rings. The number of alkyl halides is 3. The van der Waals surface area contributed by atoms with Gasteiger partial charge >= 0.3 is 12.1 Å². The molecule has 108 valence electrons. The van der Waals surface area contributed by atoms with E-state index in [4.69, 9.17) is 5.11 Å². The van der Waals surface area contributed by atoms with Gasteiger partial charge in [-0.1, -0.05) is 0 Å². The van der Waals surface area contributed by atoms with Crippen LogP contribution in [0.5, 0.6) is 0 Å². The van der Waals surface area contributed by atoms with Crippen molar-refractivity contribution in [2.75, 3.05) is 26.3 Å². The Bertz CT molecular complexity index is 261. The fourth-order valence-electron chi connectivity index (χ4n) is 1.38. The first-order chi connectivity index (χ1) is 8.02. The van der Waals surface area contributed by atoms with E-state index in [1.165, 1.54) is 0 Å². The van der Waals surface area contributed by atoms with E-state index < -0.39 is 18.8 Å². The zero-order valence-corrected chi connectivity index (χ0v) is 10.9. The number of carbonyl (C=O) groups is 1. The third-order valence-electron chi connectivity index (χ3n) is 2.32. The maximum absolute atomic E-state index is 11.9. The van der Waals surface area contributed by atoms with Crippen molar-refractivity contribution >= 4 is 5.97 Å². The van der Waals surface area contributed by atoms with Gasteiger partial charge in [0.05, 0.1) is 13.0 Å². The molecule has 1 N–H and O–H groups in total. The first-order valence-corrected chi connectivity index (χ1v) is 5.64. The number of aliphatic carboxylic acids is 1. The van der Waals surface area contributed by atoms with Gasteiger partial charge in [-0.15, -0.1) is 0 Å². The zero-order chi connectivity index (χ0) is 14.4. The SMILES string of the molecule is CC(C)(C)N(CCOCC(F)(F)F)CCC(=O)O. The smallest absolute Gasteiger partial charge is 0.411 e. The second kappa shape index (κ2) is 6.94. The second-order valence-corrected chi connectivity index (χ2v) is 4.97. The average Bonchev–Trinajstić information content (AvgIpc) is 2.12. The van der Waals surface area contributed by atoms with Gasteiger partial charge in [0.1, 0.15) is 6.61 Å². The Morgan fingerprint density at radius 1 is 1.22 bits per heavy atom. The van der Waals surface area contributed by atoms with Gasteiger partial charge in [-0.2, -0.15) is 13.2 Å². The van der Waals surface area contributed by atoms with Gasteiger partial charge < -0.3 is 9.84 Å². The molecule has 0 bridgehead atoms. The van der Waals surface area contributed by atoms with Crippen LogP contribution in [-0.2, 0) is 9.53 Å². The number of nitrogens with zero attached hydrogens (tertiary/aromatic N) is 1. The lowest BCUT2D eigenvalue weighted by Crippen LogP contribution is -2.44. The molecule has 0 atom stereocenters. The molecule has 0 aliphatic carbocycles. The lowest BCUT2D eigenvalue weighted by molar-refractivity contribution is -0.175. The maximum atomic E-state index is 11.9. The van der Waals surface area contributed by atoms with Crippen LogP contribution in [0.4, 0.5) is 13.2 Å². The number of hydrogen-bond donors (Lipinski definition) is 1. The van der Waals surface area contributed by atoms with Crippen molar-refractivity contribution in [2.24, 2.45) is 0 Å². The molecule has 0 amide bonds. The van der Waals surface area contributed by atoms with E-state index in [0.717, 1.165) is 0 Å². The summed E-state index contributed by atoms with van der Waals surface area (Å²) < 4.78 is 40.1.